The first-order valence-electron chi connectivity index (χ1n) is 7.70. The minimum Gasteiger partial charge on any atom is -0.491 e. The molecule has 114 valence electrons. The molecule has 4 nitrogen and oxygen atoms in total. The normalized spacial score (nSPS) is 20.7. The highest BCUT2D eigenvalue weighted by Crippen LogP contribution is 2.17. The van der Waals surface area contributed by atoms with Crippen LogP contribution in [0.3, 0.4) is 0 Å². The van der Waals surface area contributed by atoms with Gasteiger partial charge in [0.15, 0.2) is 0 Å². The van der Waals surface area contributed by atoms with Crippen LogP contribution in [0.5, 0.6) is 5.75 Å². The van der Waals surface area contributed by atoms with Crippen LogP contribution in [0, 0.1) is 11.3 Å². The maximum atomic E-state index is 10.1. The molecule has 0 aromatic heterocycles. The molecular formula is C17H24N2O2. The largest absolute Gasteiger partial charge is 0.491 e. The smallest absolute Gasteiger partial charge is 0.119 e. The standard InChI is InChI=1S/C17H24N2O2/c1-14-4-2-3-11-19(14)12-16(20)13-21-17-7-5-15(6-8-17)9-10-18/h5-8,14,16,20H,2-4,9,11-13H2,1H3/t14-,16+/m1/s1. The molecule has 1 aliphatic rings. The lowest BCUT2D eigenvalue weighted by Crippen LogP contribution is -2.43. The molecular weight excluding hydrogens is 264 g/mol. The summed E-state index contributed by atoms with van der Waals surface area (Å²) in [5.74, 6) is 0.738. The van der Waals surface area contributed by atoms with Gasteiger partial charge in [-0.1, -0.05) is 18.6 Å². The molecule has 1 heterocycles. The Morgan fingerprint density at radius 1 is 1.38 bits per heavy atom. The van der Waals surface area contributed by atoms with E-state index in [2.05, 4.69) is 17.9 Å². The fraction of sp³-hybridized carbons (Fsp3) is 0.588. The predicted molar refractivity (Wildman–Crippen MR) is 82.1 cm³/mol. The Bertz CT molecular complexity index is 467. The Morgan fingerprint density at radius 3 is 2.81 bits per heavy atom. The molecule has 1 aromatic carbocycles. The van der Waals surface area contributed by atoms with Gasteiger partial charge in [-0.2, -0.15) is 5.26 Å². The number of likely N-dealkylation sites (tertiary alicyclic amines) is 1. The Hall–Kier alpha value is -1.57. The number of nitriles is 1. The van der Waals surface area contributed by atoms with Crippen LogP contribution in [0.4, 0.5) is 0 Å². The van der Waals surface area contributed by atoms with Gasteiger partial charge in [0.2, 0.25) is 0 Å². The third-order valence-corrected chi connectivity index (χ3v) is 4.03. The van der Waals surface area contributed by atoms with E-state index in [9.17, 15) is 5.11 Å². The third-order valence-electron chi connectivity index (χ3n) is 4.03. The van der Waals surface area contributed by atoms with Gasteiger partial charge in [-0.05, 0) is 44.0 Å². The minimum atomic E-state index is -0.468. The Morgan fingerprint density at radius 2 is 2.14 bits per heavy atom. The van der Waals surface area contributed by atoms with Crippen LogP contribution in [0.2, 0.25) is 0 Å². The van der Waals surface area contributed by atoms with Crippen molar-refractivity contribution in [1.29, 1.82) is 5.26 Å². The van der Waals surface area contributed by atoms with Crippen molar-refractivity contribution < 1.29 is 9.84 Å². The molecule has 0 bridgehead atoms. The topological polar surface area (TPSA) is 56.5 Å². The van der Waals surface area contributed by atoms with Gasteiger partial charge in [-0.3, -0.25) is 4.90 Å². The van der Waals surface area contributed by atoms with Crippen LogP contribution >= 0.6 is 0 Å². The first kappa shape index (κ1) is 15.8. The van der Waals surface area contributed by atoms with Crippen molar-refractivity contribution in [2.45, 2.75) is 44.8 Å². The zero-order valence-corrected chi connectivity index (χ0v) is 12.7. The molecule has 1 N–H and O–H groups in total. The lowest BCUT2D eigenvalue weighted by atomic mass is 10.0. The highest BCUT2D eigenvalue weighted by Gasteiger charge is 2.20. The fourth-order valence-corrected chi connectivity index (χ4v) is 2.74. The SMILES string of the molecule is C[C@@H]1CCCCN1C[C@H](O)COc1ccc(CC#N)cc1. The van der Waals surface area contributed by atoms with Crippen molar-refractivity contribution in [3.05, 3.63) is 29.8 Å². The number of hydrogen-bond donors (Lipinski definition) is 1. The van der Waals surface area contributed by atoms with Crippen LogP contribution in [-0.4, -0.2) is 41.8 Å². The second kappa shape index (κ2) is 8.02. The summed E-state index contributed by atoms with van der Waals surface area (Å²) >= 11 is 0. The van der Waals surface area contributed by atoms with Gasteiger partial charge in [-0.15, -0.1) is 0 Å². The summed E-state index contributed by atoms with van der Waals surface area (Å²) in [6.45, 7) is 4.27. The lowest BCUT2D eigenvalue weighted by molar-refractivity contribution is 0.0438. The molecule has 1 fully saturated rings. The molecule has 2 rings (SSSR count). The Balaban J connectivity index is 1.75. The average Bonchev–Trinajstić information content (AvgIpc) is 2.49. The van der Waals surface area contributed by atoms with Gasteiger partial charge in [0.1, 0.15) is 18.5 Å². The van der Waals surface area contributed by atoms with Gasteiger partial charge in [0, 0.05) is 12.6 Å². The predicted octanol–water partition coefficient (Wildman–Crippen LogP) is 2.37. The van der Waals surface area contributed by atoms with E-state index in [1.54, 1.807) is 0 Å². The van der Waals surface area contributed by atoms with Gasteiger partial charge >= 0.3 is 0 Å². The average molecular weight is 288 g/mol. The summed E-state index contributed by atoms with van der Waals surface area (Å²) in [5.41, 5.74) is 0.979. The van der Waals surface area contributed by atoms with Crippen molar-refractivity contribution in [3.8, 4) is 11.8 Å². The number of rotatable bonds is 6. The van der Waals surface area contributed by atoms with Crippen LogP contribution in [0.1, 0.15) is 31.7 Å². The van der Waals surface area contributed by atoms with Gasteiger partial charge in [0.25, 0.3) is 0 Å². The number of piperidine rings is 1. The molecule has 0 amide bonds. The van der Waals surface area contributed by atoms with Crippen molar-refractivity contribution in [2.24, 2.45) is 0 Å². The Labute approximate surface area is 127 Å². The summed E-state index contributed by atoms with van der Waals surface area (Å²) < 4.78 is 5.62. The van der Waals surface area contributed by atoms with Crippen LogP contribution in [0.25, 0.3) is 0 Å². The number of hydrogen-bond acceptors (Lipinski definition) is 4. The van der Waals surface area contributed by atoms with Crippen molar-refractivity contribution >= 4 is 0 Å². The molecule has 0 aliphatic carbocycles. The van der Waals surface area contributed by atoms with E-state index >= 15 is 0 Å². The number of nitrogens with zero attached hydrogens (tertiary/aromatic N) is 2. The van der Waals surface area contributed by atoms with Crippen molar-refractivity contribution in [1.82, 2.24) is 4.90 Å². The monoisotopic (exact) mass is 288 g/mol. The van der Waals surface area contributed by atoms with E-state index in [4.69, 9.17) is 10.00 Å². The van der Waals surface area contributed by atoms with Gasteiger partial charge in [0.05, 0.1) is 12.5 Å². The maximum Gasteiger partial charge on any atom is 0.119 e. The summed E-state index contributed by atoms with van der Waals surface area (Å²) in [4.78, 5) is 2.34. The van der Waals surface area contributed by atoms with E-state index in [-0.39, 0.29) is 0 Å². The van der Waals surface area contributed by atoms with E-state index in [1.165, 1.54) is 19.3 Å². The second-order valence-corrected chi connectivity index (χ2v) is 5.78. The van der Waals surface area contributed by atoms with Crippen LogP contribution < -0.4 is 4.74 Å². The van der Waals surface area contributed by atoms with E-state index in [0.717, 1.165) is 17.9 Å². The molecule has 0 saturated carbocycles. The summed E-state index contributed by atoms with van der Waals surface area (Å²) in [6.07, 6.45) is 3.67. The fourth-order valence-electron chi connectivity index (χ4n) is 2.74. The molecule has 1 aromatic rings. The molecule has 0 unspecified atom stereocenters. The van der Waals surface area contributed by atoms with E-state index in [1.807, 2.05) is 24.3 Å². The van der Waals surface area contributed by atoms with Crippen molar-refractivity contribution in [2.75, 3.05) is 19.7 Å². The number of aliphatic hydroxyl groups excluding tert-OH is 1. The quantitative estimate of drug-likeness (QED) is 0.873. The first-order chi connectivity index (χ1) is 10.2. The molecule has 0 radical (unpaired) electrons. The van der Waals surface area contributed by atoms with E-state index < -0.39 is 6.10 Å². The Kier molecular flexibility index (Phi) is 6.04. The zero-order valence-electron chi connectivity index (χ0n) is 12.7. The van der Waals surface area contributed by atoms with Crippen molar-refractivity contribution in [3.63, 3.8) is 0 Å². The summed E-state index contributed by atoms with van der Waals surface area (Å²) in [6, 6.07) is 10.1. The number of β-amino-alcohol motifs (C(OH)–C–C–N with tert-alkyl or cyclic N) is 1. The summed E-state index contributed by atoms with van der Waals surface area (Å²) in [7, 11) is 0. The molecule has 1 saturated heterocycles. The van der Waals surface area contributed by atoms with Crippen LogP contribution in [-0.2, 0) is 6.42 Å². The first-order valence-corrected chi connectivity index (χ1v) is 7.70. The molecule has 4 heteroatoms. The number of benzene rings is 1. The maximum absolute atomic E-state index is 10.1. The number of aliphatic hydroxyl groups is 1. The van der Waals surface area contributed by atoms with Gasteiger partial charge in [-0.25, -0.2) is 0 Å². The molecule has 1 aliphatic heterocycles. The highest BCUT2D eigenvalue weighted by molar-refractivity contribution is 5.28. The van der Waals surface area contributed by atoms with E-state index in [0.29, 0.717) is 25.6 Å². The highest BCUT2D eigenvalue weighted by atomic mass is 16.5. The number of ether oxygens (including phenoxy) is 1. The molecule has 2 atom stereocenters. The van der Waals surface area contributed by atoms with Gasteiger partial charge < -0.3 is 9.84 Å². The minimum absolute atomic E-state index is 0.306. The second-order valence-electron chi connectivity index (χ2n) is 5.78. The molecule has 0 spiro atoms. The zero-order chi connectivity index (χ0) is 15.1. The lowest BCUT2D eigenvalue weighted by Gasteiger charge is -2.34. The van der Waals surface area contributed by atoms with Crippen LogP contribution in [0.15, 0.2) is 24.3 Å². The molecule has 21 heavy (non-hydrogen) atoms. The summed E-state index contributed by atoms with van der Waals surface area (Å²) in [5, 5.41) is 18.7. The third kappa shape index (κ3) is 5.04.